The Kier molecular flexibility index (Phi) is 4.45. The summed E-state index contributed by atoms with van der Waals surface area (Å²) in [6.45, 7) is 0.324. The van der Waals surface area contributed by atoms with Crippen LogP contribution in [0.25, 0.3) is 17.0 Å². The molecule has 2 atom stereocenters. The summed E-state index contributed by atoms with van der Waals surface area (Å²) in [5.74, 6) is -0.0879. The second kappa shape index (κ2) is 6.52. The summed E-state index contributed by atoms with van der Waals surface area (Å²) in [6, 6.07) is 5.98. The first-order chi connectivity index (χ1) is 11.2. The largest absolute Gasteiger partial charge is 0.396 e. The van der Waals surface area contributed by atoms with Crippen molar-refractivity contribution < 1.29 is 15.0 Å². The van der Waals surface area contributed by atoms with Crippen LogP contribution in [0.15, 0.2) is 30.5 Å². The number of rotatable bonds is 7. The highest BCUT2D eigenvalue weighted by molar-refractivity contribution is 5.87. The van der Waals surface area contributed by atoms with Crippen LogP contribution in [-0.4, -0.2) is 46.1 Å². The van der Waals surface area contributed by atoms with E-state index in [4.69, 9.17) is 5.11 Å². The summed E-state index contributed by atoms with van der Waals surface area (Å²) in [7, 11) is 0. The number of hydrogen-bond donors (Lipinski definition) is 4. The lowest BCUT2D eigenvalue weighted by molar-refractivity contribution is -0.128. The molecule has 1 aromatic carbocycles. The standard InChI is InChI=1S/C17H21N3O3/c21-7-1-6-18-16(23)17(11-22)9-14(17)4-2-12-3-5-15-13(8-12)10-19-20-15/h2-5,8,10,14,21-22H,1,6-7,9,11H2,(H,18,23)(H,19,20). The van der Waals surface area contributed by atoms with Crippen LogP contribution in [0.1, 0.15) is 18.4 Å². The van der Waals surface area contributed by atoms with Gasteiger partial charge in [0.05, 0.1) is 23.7 Å². The van der Waals surface area contributed by atoms with Crippen LogP contribution in [-0.2, 0) is 4.79 Å². The van der Waals surface area contributed by atoms with Crippen LogP contribution in [0.4, 0.5) is 0 Å². The number of aromatic nitrogens is 2. The smallest absolute Gasteiger partial charge is 0.229 e. The molecule has 1 saturated carbocycles. The maximum absolute atomic E-state index is 12.2. The van der Waals surface area contributed by atoms with Gasteiger partial charge in [-0.05, 0) is 36.5 Å². The zero-order valence-corrected chi connectivity index (χ0v) is 12.8. The Hall–Kier alpha value is -2.18. The lowest BCUT2D eigenvalue weighted by Crippen LogP contribution is -2.36. The van der Waals surface area contributed by atoms with Crippen molar-refractivity contribution in [3.63, 3.8) is 0 Å². The van der Waals surface area contributed by atoms with Crippen molar-refractivity contribution in [3.05, 3.63) is 36.0 Å². The van der Waals surface area contributed by atoms with Gasteiger partial charge in [-0.25, -0.2) is 0 Å². The minimum Gasteiger partial charge on any atom is -0.396 e. The molecule has 0 aliphatic heterocycles. The highest BCUT2D eigenvalue weighted by Gasteiger charge is 2.58. The first-order valence-corrected chi connectivity index (χ1v) is 7.81. The number of aromatic amines is 1. The molecule has 1 heterocycles. The van der Waals surface area contributed by atoms with Crippen LogP contribution in [0.2, 0.25) is 0 Å². The summed E-state index contributed by atoms with van der Waals surface area (Å²) in [5, 5.41) is 29.1. The van der Waals surface area contributed by atoms with Gasteiger partial charge >= 0.3 is 0 Å². The Labute approximate surface area is 134 Å². The van der Waals surface area contributed by atoms with Gasteiger partial charge in [-0.3, -0.25) is 9.89 Å². The molecule has 6 nitrogen and oxygen atoms in total. The summed E-state index contributed by atoms with van der Waals surface area (Å²) < 4.78 is 0. The van der Waals surface area contributed by atoms with Crippen molar-refractivity contribution in [1.82, 2.24) is 15.5 Å². The van der Waals surface area contributed by atoms with Gasteiger partial charge in [0, 0.05) is 18.5 Å². The molecule has 0 spiro atoms. The Morgan fingerprint density at radius 1 is 1.48 bits per heavy atom. The molecule has 0 bridgehead atoms. The molecule has 1 aromatic heterocycles. The van der Waals surface area contributed by atoms with Gasteiger partial charge in [-0.2, -0.15) is 5.10 Å². The number of aliphatic hydroxyl groups is 2. The predicted octanol–water partition coefficient (Wildman–Crippen LogP) is 1.07. The number of fused-ring (bicyclic) bond motifs is 1. The van der Waals surface area contributed by atoms with E-state index in [2.05, 4.69) is 15.5 Å². The molecular weight excluding hydrogens is 294 g/mol. The van der Waals surface area contributed by atoms with Gasteiger partial charge in [0.15, 0.2) is 0 Å². The fourth-order valence-corrected chi connectivity index (χ4v) is 2.85. The lowest BCUT2D eigenvalue weighted by Gasteiger charge is -2.13. The Bertz CT molecular complexity index is 725. The van der Waals surface area contributed by atoms with Crippen molar-refractivity contribution in [2.75, 3.05) is 19.8 Å². The summed E-state index contributed by atoms with van der Waals surface area (Å²) in [5.41, 5.74) is 1.32. The molecule has 1 amide bonds. The number of hydrogen-bond acceptors (Lipinski definition) is 4. The highest BCUT2D eigenvalue weighted by Crippen LogP contribution is 2.53. The molecule has 0 radical (unpaired) electrons. The molecule has 2 unspecified atom stereocenters. The zero-order chi connectivity index (χ0) is 16.3. The normalized spacial score (nSPS) is 23.5. The Balaban J connectivity index is 1.64. The van der Waals surface area contributed by atoms with E-state index in [0.29, 0.717) is 19.4 Å². The van der Waals surface area contributed by atoms with Crippen LogP contribution in [0.5, 0.6) is 0 Å². The van der Waals surface area contributed by atoms with Crippen molar-refractivity contribution in [3.8, 4) is 0 Å². The van der Waals surface area contributed by atoms with Gasteiger partial charge in [0.25, 0.3) is 0 Å². The highest BCUT2D eigenvalue weighted by atomic mass is 16.3. The van der Waals surface area contributed by atoms with E-state index in [1.165, 1.54) is 0 Å². The van der Waals surface area contributed by atoms with E-state index in [0.717, 1.165) is 16.5 Å². The third kappa shape index (κ3) is 3.13. The average Bonchev–Trinajstić information content (AvgIpc) is 3.11. The monoisotopic (exact) mass is 315 g/mol. The van der Waals surface area contributed by atoms with Crippen molar-refractivity contribution in [2.24, 2.45) is 11.3 Å². The van der Waals surface area contributed by atoms with E-state index in [1.807, 2.05) is 30.4 Å². The van der Waals surface area contributed by atoms with Crippen molar-refractivity contribution in [1.29, 1.82) is 0 Å². The third-order valence-electron chi connectivity index (χ3n) is 4.47. The average molecular weight is 315 g/mol. The molecule has 3 rings (SSSR count). The summed E-state index contributed by atoms with van der Waals surface area (Å²) in [4.78, 5) is 12.2. The lowest BCUT2D eigenvalue weighted by atomic mass is 10.0. The molecule has 4 N–H and O–H groups in total. The SMILES string of the molecule is O=C(NCCCO)C1(CO)CC1C=Cc1ccc2[nH]ncc2c1. The fraction of sp³-hybridized carbons (Fsp3) is 0.412. The van der Waals surface area contributed by atoms with Crippen LogP contribution >= 0.6 is 0 Å². The number of allylic oxidation sites excluding steroid dienone is 1. The number of aliphatic hydroxyl groups excluding tert-OH is 2. The number of benzene rings is 1. The van der Waals surface area contributed by atoms with Crippen molar-refractivity contribution in [2.45, 2.75) is 12.8 Å². The van der Waals surface area contributed by atoms with Crippen LogP contribution in [0.3, 0.4) is 0 Å². The second-order valence-electron chi connectivity index (χ2n) is 6.03. The van der Waals surface area contributed by atoms with E-state index in [9.17, 15) is 9.90 Å². The molecule has 23 heavy (non-hydrogen) atoms. The molecule has 1 aliphatic carbocycles. The van der Waals surface area contributed by atoms with Gasteiger partial charge < -0.3 is 15.5 Å². The first-order valence-electron chi connectivity index (χ1n) is 7.81. The maximum Gasteiger partial charge on any atom is 0.229 e. The van der Waals surface area contributed by atoms with E-state index < -0.39 is 5.41 Å². The van der Waals surface area contributed by atoms with Gasteiger partial charge in [0.1, 0.15) is 0 Å². The maximum atomic E-state index is 12.2. The predicted molar refractivity (Wildman–Crippen MR) is 87.5 cm³/mol. The fourth-order valence-electron chi connectivity index (χ4n) is 2.85. The Morgan fingerprint density at radius 3 is 3.13 bits per heavy atom. The minimum absolute atomic E-state index is 0.0432. The zero-order valence-electron chi connectivity index (χ0n) is 12.8. The molecule has 122 valence electrons. The number of carbonyl (C=O) groups excluding carboxylic acids is 1. The van der Waals surface area contributed by atoms with Gasteiger partial charge in [0.2, 0.25) is 5.91 Å². The Morgan fingerprint density at radius 2 is 2.35 bits per heavy atom. The molecule has 1 aliphatic rings. The molecule has 1 fully saturated rings. The van der Waals surface area contributed by atoms with E-state index in [-0.39, 0.29) is 25.0 Å². The van der Waals surface area contributed by atoms with Gasteiger partial charge in [-0.1, -0.05) is 18.2 Å². The molecular formula is C17H21N3O3. The summed E-state index contributed by atoms with van der Waals surface area (Å²) in [6.07, 6.45) is 6.92. The van der Waals surface area contributed by atoms with Crippen LogP contribution in [0, 0.1) is 11.3 Å². The number of H-pyrrole nitrogens is 1. The second-order valence-corrected chi connectivity index (χ2v) is 6.03. The summed E-state index contributed by atoms with van der Waals surface area (Å²) >= 11 is 0. The minimum atomic E-state index is -0.703. The quantitative estimate of drug-likeness (QED) is 0.575. The third-order valence-corrected chi connectivity index (χ3v) is 4.47. The van der Waals surface area contributed by atoms with E-state index >= 15 is 0 Å². The van der Waals surface area contributed by atoms with E-state index in [1.54, 1.807) is 6.20 Å². The topological polar surface area (TPSA) is 98.2 Å². The number of amides is 1. The number of carbonyl (C=O) groups is 1. The molecule has 0 saturated heterocycles. The van der Waals surface area contributed by atoms with Crippen molar-refractivity contribution >= 4 is 22.9 Å². The number of nitrogens with zero attached hydrogens (tertiary/aromatic N) is 1. The molecule has 6 heteroatoms. The van der Waals surface area contributed by atoms with Crippen LogP contribution < -0.4 is 5.32 Å². The van der Waals surface area contributed by atoms with Gasteiger partial charge in [-0.15, -0.1) is 0 Å². The first kappa shape index (κ1) is 15.7. The molecule has 2 aromatic rings. The number of nitrogens with one attached hydrogen (secondary N) is 2.